The Hall–Kier alpha value is -4.68. The molecule has 0 spiro atoms. The molecule has 0 aromatic heterocycles. The van der Waals surface area contributed by atoms with Gasteiger partial charge in [0.1, 0.15) is 0 Å². The predicted octanol–water partition coefficient (Wildman–Crippen LogP) is 9.95. The Morgan fingerprint density at radius 1 is 0.474 bits per heavy atom. The van der Waals surface area contributed by atoms with Gasteiger partial charge in [-0.2, -0.15) is 0 Å². The standard InChI is InChI=1S/C38H30/c1-28(29-17-7-2-8-18-29)27-34-35(30-19-9-3-10-20-30)37(32-23-13-5-14-24-32)38(33-25-15-6-16-26-33)36(34)31-21-11-4-12-22-31/h2-27,37H,1H3/b28-27+. The zero-order chi connectivity index (χ0) is 25.7. The molecule has 5 aromatic rings. The Kier molecular flexibility index (Phi) is 6.70. The molecule has 0 amide bonds. The van der Waals surface area contributed by atoms with Gasteiger partial charge < -0.3 is 0 Å². The lowest BCUT2D eigenvalue weighted by Crippen LogP contribution is -2.03. The van der Waals surface area contributed by atoms with Crippen LogP contribution in [0.5, 0.6) is 0 Å². The van der Waals surface area contributed by atoms with Gasteiger partial charge in [-0.15, -0.1) is 0 Å². The van der Waals surface area contributed by atoms with E-state index in [1.165, 1.54) is 55.7 Å². The molecular formula is C38H30. The SMILES string of the molecule is C/C(=C\C1=C(c2ccccc2)C(c2ccccc2)C(c2ccccc2)=C1c1ccccc1)c1ccccc1. The molecule has 5 aromatic carbocycles. The van der Waals surface area contributed by atoms with Crippen LogP contribution < -0.4 is 0 Å². The first kappa shape index (κ1) is 23.7. The fourth-order valence-electron chi connectivity index (χ4n) is 5.64. The van der Waals surface area contributed by atoms with Crippen LogP contribution >= 0.6 is 0 Å². The molecule has 0 radical (unpaired) electrons. The van der Waals surface area contributed by atoms with E-state index in [1.807, 2.05) is 0 Å². The Labute approximate surface area is 226 Å². The highest BCUT2D eigenvalue weighted by Crippen LogP contribution is 2.56. The number of allylic oxidation sites excluding steroid dienone is 6. The van der Waals surface area contributed by atoms with E-state index >= 15 is 0 Å². The smallest absolute Gasteiger partial charge is 0.0364 e. The van der Waals surface area contributed by atoms with Gasteiger partial charge in [-0.1, -0.05) is 158 Å². The summed E-state index contributed by atoms with van der Waals surface area (Å²) in [5, 5.41) is 0. The van der Waals surface area contributed by atoms with Crippen LogP contribution in [0.15, 0.2) is 163 Å². The van der Waals surface area contributed by atoms with Crippen molar-refractivity contribution >= 4 is 22.3 Å². The lowest BCUT2D eigenvalue weighted by molar-refractivity contribution is 1.14. The van der Waals surface area contributed by atoms with Gasteiger partial charge >= 0.3 is 0 Å². The van der Waals surface area contributed by atoms with E-state index in [0.717, 1.165) is 0 Å². The van der Waals surface area contributed by atoms with Crippen LogP contribution in [0.3, 0.4) is 0 Å². The normalized spacial score (nSPS) is 15.7. The molecule has 0 N–H and O–H groups in total. The summed E-state index contributed by atoms with van der Waals surface area (Å²) in [5.74, 6) is 0.103. The molecule has 1 unspecified atom stereocenters. The average Bonchev–Trinajstić information content (AvgIpc) is 3.34. The third-order valence-corrected chi connectivity index (χ3v) is 7.36. The summed E-state index contributed by atoms with van der Waals surface area (Å²) in [7, 11) is 0. The van der Waals surface area contributed by atoms with E-state index in [-0.39, 0.29) is 5.92 Å². The quantitative estimate of drug-likeness (QED) is 0.224. The Morgan fingerprint density at radius 3 is 1.42 bits per heavy atom. The molecule has 182 valence electrons. The summed E-state index contributed by atoms with van der Waals surface area (Å²) in [6.07, 6.45) is 2.41. The molecule has 0 fully saturated rings. The zero-order valence-corrected chi connectivity index (χ0v) is 21.6. The molecule has 0 heterocycles. The van der Waals surface area contributed by atoms with Crippen LogP contribution in [0.1, 0.15) is 40.7 Å². The minimum absolute atomic E-state index is 0.103. The number of hydrogen-bond donors (Lipinski definition) is 0. The molecule has 0 heteroatoms. The highest BCUT2D eigenvalue weighted by atomic mass is 14.4. The van der Waals surface area contributed by atoms with Crippen molar-refractivity contribution in [2.75, 3.05) is 0 Å². The molecular weight excluding hydrogens is 456 g/mol. The molecule has 1 aliphatic carbocycles. The largest absolute Gasteiger partial charge is 0.0622 e. The van der Waals surface area contributed by atoms with E-state index in [0.29, 0.717) is 0 Å². The van der Waals surface area contributed by atoms with E-state index in [1.54, 1.807) is 0 Å². The highest BCUT2D eigenvalue weighted by Gasteiger charge is 2.36. The Bertz CT molecular complexity index is 1610. The maximum absolute atomic E-state index is 2.41. The van der Waals surface area contributed by atoms with Crippen molar-refractivity contribution < 1.29 is 0 Å². The summed E-state index contributed by atoms with van der Waals surface area (Å²) >= 11 is 0. The van der Waals surface area contributed by atoms with Crippen molar-refractivity contribution in [3.63, 3.8) is 0 Å². The van der Waals surface area contributed by atoms with Crippen LogP contribution in [0.25, 0.3) is 22.3 Å². The lowest BCUT2D eigenvalue weighted by Gasteiger charge is -2.21. The number of benzene rings is 5. The number of rotatable bonds is 6. The van der Waals surface area contributed by atoms with E-state index in [2.05, 4.69) is 165 Å². The van der Waals surface area contributed by atoms with Gasteiger partial charge in [0.15, 0.2) is 0 Å². The summed E-state index contributed by atoms with van der Waals surface area (Å²) < 4.78 is 0. The highest BCUT2D eigenvalue weighted by molar-refractivity contribution is 6.16. The van der Waals surface area contributed by atoms with Crippen molar-refractivity contribution in [3.05, 3.63) is 191 Å². The topological polar surface area (TPSA) is 0 Å². The minimum Gasteiger partial charge on any atom is -0.0622 e. The Morgan fingerprint density at radius 2 is 0.895 bits per heavy atom. The van der Waals surface area contributed by atoms with Gasteiger partial charge in [0, 0.05) is 5.92 Å². The molecule has 0 aliphatic heterocycles. The van der Waals surface area contributed by atoms with Crippen molar-refractivity contribution in [2.24, 2.45) is 0 Å². The lowest BCUT2D eigenvalue weighted by atomic mass is 9.81. The fraction of sp³-hybridized carbons (Fsp3) is 0.0526. The summed E-state index contributed by atoms with van der Waals surface area (Å²) in [6.45, 7) is 2.23. The van der Waals surface area contributed by atoms with Crippen LogP contribution in [0.4, 0.5) is 0 Å². The second-order valence-corrected chi connectivity index (χ2v) is 9.75. The van der Waals surface area contributed by atoms with Crippen LogP contribution in [-0.4, -0.2) is 0 Å². The average molecular weight is 487 g/mol. The summed E-state index contributed by atoms with van der Waals surface area (Å²) in [6, 6.07) is 54.4. The van der Waals surface area contributed by atoms with Crippen LogP contribution in [0.2, 0.25) is 0 Å². The summed E-state index contributed by atoms with van der Waals surface area (Å²) in [5.41, 5.74) is 12.9. The van der Waals surface area contributed by atoms with Gasteiger partial charge in [-0.3, -0.25) is 0 Å². The molecule has 6 rings (SSSR count). The molecule has 0 saturated carbocycles. The summed E-state index contributed by atoms with van der Waals surface area (Å²) in [4.78, 5) is 0. The van der Waals surface area contributed by atoms with Crippen molar-refractivity contribution in [1.29, 1.82) is 0 Å². The van der Waals surface area contributed by atoms with Crippen LogP contribution in [-0.2, 0) is 0 Å². The molecule has 0 bridgehead atoms. The fourth-order valence-corrected chi connectivity index (χ4v) is 5.64. The maximum atomic E-state index is 2.41. The second kappa shape index (κ2) is 10.7. The first-order valence-electron chi connectivity index (χ1n) is 13.2. The molecule has 38 heavy (non-hydrogen) atoms. The molecule has 0 saturated heterocycles. The van der Waals surface area contributed by atoms with Gasteiger partial charge in [0.05, 0.1) is 0 Å². The minimum atomic E-state index is 0.103. The van der Waals surface area contributed by atoms with Gasteiger partial charge in [-0.25, -0.2) is 0 Å². The van der Waals surface area contributed by atoms with E-state index in [9.17, 15) is 0 Å². The van der Waals surface area contributed by atoms with E-state index in [4.69, 9.17) is 0 Å². The van der Waals surface area contributed by atoms with Crippen molar-refractivity contribution in [3.8, 4) is 0 Å². The van der Waals surface area contributed by atoms with Crippen molar-refractivity contribution in [1.82, 2.24) is 0 Å². The molecule has 1 aliphatic rings. The van der Waals surface area contributed by atoms with Gasteiger partial charge in [-0.05, 0) is 62.6 Å². The van der Waals surface area contributed by atoms with Crippen LogP contribution in [0, 0.1) is 0 Å². The van der Waals surface area contributed by atoms with Crippen molar-refractivity contribution in [2.45, 2.75) is 12.8 Å². The predicted molar refractivity (Wildman–Crippen MR) is 162 cm³/mol. The van der Waals surface area contributed by atoms with Gasteiger partial charge in [0.25, 0.3) is 0 Å². The third-order valence-electron chi connectivity index (χ3n) is 7.36. The molecule has 0 nitrogen and oxygen atoms in total. The first-order valence-corrected chi connectivity index (χ1v) is 13.2. The number of hydrogen-bond acceptors (Lipinski definition) is 0. The second-order valence-electron chi connectivity index (χ2n) is 9.75. The molecule has 1 atom stereocenters. The maximum Gasteiger partial charge on any atom is 0.0364 e. The zero-order valence-electron chi connectivity index (χ0n) is 21.6. The third kappa shape index (κ3) is 4.58. The Balaban J connectivity index is 1.73. The van der Waals surface area contributed by atoms with Gasteiger partial charge in [0.2, 0.25) is 0 Å². The first-order chi connectivity index (χ1) is 18.8. The monoisotopic (exact) mass is 486 g/mol. The van der Waals surface area contributed by atoms with E-state index < -0.39 is 0 Å².